The van der Waals surface area contributed by atoms with E-state index in [1.807, 2.05) is 50.2 Å². The standard InChI is InChI=1S/C23H24OP/c1-17-15-18(2)22(19(3)16-17)23(24)25(4,20-11-7-5-8-12-20)21-13-9-6-10-14-21/h5-16H,1-4H3/q+1. The van der Waals surface area contributed by atoms with Gasteiger partial charge in [0, 0.05) is 0 Å². The Bertz CT molecular complexity index is 835. The second-order valence-corrected chi connectivity index (χ2v) is 10.2. The van der Waals surface area contributed by atoms with Crippen LogP contribution in [0.1, 0.15) is 27.0 Å². The molecule has 0 amide bonds. The predicted molar refractivity (Wildman–Crippen MR) is 110 cm³/mol. The zero-order valence-electron chi connectivity index (χ0n) is 15.3. The monoisotopic (exact) mass is 347 g/mol. The van der Waals surface area contributed by atoms with Crippen LogP contribution < -0.4 is 10.6 Å². The molecule has 0 unspecified atom stereocenters. The van der Waals surface area contributed by atoms with Crippen LogP contribution >= 0.6 is 7.26 Å². The molecule has 0 spiro atoms. The number of benzene rings is 3. The fourth-order valence-electron chi connectivity index (χ4n) is 3.58. The Morgan fingerprint density at radius 3 is 1.52 bits per heavy atom. The van der Waals surface area contributed by atoms with Gasteiger partial charge in [0.2, 0.25) is 0 Å². The molecule has 0 fully saturated rings. The van der Waals surface area contributed by atoms with Gasteiger partial charge in [0.05, 0.1) is 12.2 Å². The summed E-state index contributed by atoms with van der Waals surface area (Å²) in [5.74, 6) is 0. The van der Waals surface area contributed by atoms with Crippen molar-refractivity contribution in [1.29, 1.82) is 0 Å². The van der Waals surface area contributed by atoms with E-state index in [9.17, 15) is 4.79 Å². The molecule has 0 N–H and O–H groups in total. The molecular formula is C23H24OP+. The normalized spacial score (nSPS) is 11.4. The summed E-state index contributed by atoms with van der Waals surface area (Å²) in [6.45, 7) is 8.33. The molecule has 0 aliphatic rings. The quantitative estimate of drug-likeness (QED) is 0.604. The zero-order valence-corrected chi connectivity index (χ0v) is 16.2. The van der Waals surface area contributed by atoms with Crippen LogP contribution in [0.15, 0.2) is 72.8 Å². The van der Waals surface area contributed by atoms with Gasteiger partial charge in [-0.3, -0.25) is 0 Å². The molecule has 0 saturated heterocycles. The fourth-order valence-corrected chi connectivity index (χ4v) is 6.68. The van der Waals surface area contributed by atoms with Crippen molar-refractivity contribution in [2.75, 3.05) is 6.66 Å². The molecule has 0 aliphatic heterocycles. The number of carbonyl (C=O) groups is 1. The van der Waals surface area contributed by atoms with Crippen molar-refractivity contribution in [2.24, 2.45) is 0 Å². The number of carbonyl (C=O) groups excluding carboxylic acids is 1. The van der Waals surface area contributed by atoms with Gasteiger partial charge in [-0.2, -0.15) is 0 Å². The minimum atomic E-state index is -2.19. The van der Waals surface area contributed by atoms with Gasteiger partial charge in [-0.1, -0.05) is 54.1 Å². The Labute approximate surface area is 151 Å². The highest BCUT2D eigenvalue weighted by atomic mass is 31.2. The van der Waals surface area contributed by atoms with Gasteiger partial charge in [-0.25, -0.2) is 4.79 Å². The third kappa shape index (κ3) is 3.17. The van der Waals surface area contributed by atoms with Crippen LogP contribution in [-0.4, -0.2) is 12.2 Å². The zero-order chi connectivity index (χ0) is 18.0. The maximum Gasteiger partial charge on any atom is 0.308 e. The molecule has 0 radical (unpaired) electrons. The molecule has 0 bridgehead atoms. The van der Waals surface area contributed by atoms with E-state index in [1.165, 1.54) is 5.56 Å². The Kier molecular flexibility index (Phi) is 4.88. The van der Waals surface area contributed by atoms with E-state index in [0.717, 1.165) is 27.3 Å². The number of rotatable bonds is 4. The van der Waals surface area contributed by atoms with Crippen LogP contribution in [-0.2, 0) is 0 Å². The topological polar surface area (TPSA) is 17.1 Å². The first kappa shape index (κ1) is 17.6. The van der Waals surface area contributed by atoms with Crippen LogP contribution in [0.4, 0.5) is 0 Å². The minimum Gasteiger partial charge on any atom is -0.246 e. The second kappa shape index (κ2) is 6.94. The highest BCUT2D eigenvalue weighted by molar-refractivity contribution is 8.02. The Morgan fingerprint density at radius 1 is 0.720 bits per heavy atom. The van der Waals surface area contributed by atoms with Gasteiger partial charge in [0.15, 0.2) is 7.26 Å². The summed E-state index contributed by atoms with van der Waals surface area (Å²) in [6.07, 6.45) is 0. The lowest BCUT2D eigenvalue weighted by Gasteiger charge is -2.23. The Balaban J connectivity index is 2.25. The molecule has 0 saturated carbocycles. The SMILES string of the molecule is Cc1cc(C)c(C(=O)[P+](C)(c2ccccc2)c2ccccc2)c(C)c1. The van der Waals surface area contributed by atoms with E-state index < -0.39 is 7.26 Å². The summed E-state index contributed by atoms with van der Waals surface area (Å²) >= 11 is 0. The molecule has 0 aromatic heterocycles. The predicted octanol–water partition coefficient (Wildman–Crippen LogP) is 5.05. The average molecular weight is 347 g/mol. The van der Waals surface area contributed by atoms with E-state index in [1.54, 1.807) is 0 Å². The Morgan fingerprint density at radius 2 is 1.12 bits per heavy atom. The van der Waals surface area contributed by atoms with Crippen molar-refractivity contribution < 1.29 is 4.79 Å². The van der Waals surface area contributed by atoms with Crippen molar-refractivity contribution in [1.82, 2.24) is 0 Å². The maximum absolute atomic E-state index is 13.9. The lowest BCUT2D eigenvalue weighted by molar-refractivity contribution is 0.108. The summed E-state index contributed by atoms with van der Waals surface area (Å²) in [6, 6.07) is 24.7. The van der Waals surface area contributed by atoms with Gasteiger partial charge < -0.3 is 0 Å². The van der Waals surface area contributed by atoms with Crippen molar-refractivity contribution in [3.8, 4) is 0 Å². The van der Waals surface area contributed by atoms with Crippen LogP contribution in [0.2, 0.25) is 0 Å². The van der Waals surface area contributed by atoms with Crippen molar-refractivity contribution in [3.05, 3.63) is 95.1 Å². The average Bonchev–Trinajstić information content (AvgIpc) is 2.61. The van der Waals surface area contributed by atoms with Gasteiger partial charge in [0.25, 0.3) is 0 Å². The van der Waals surface area contributed by atoms with E-state index >= 15 is 0 Å². The second-order valence-electron chi connectivity index (χ2n) is 6.76. The first-order chi connectivity index (χ1) is 11.9. The van der Waals surface area contributed by atoms with Crippen molar-refractivity contribution in [2.45, 2.75) is 20.8 Å². The highest BCUT2D eigenvalue weighted by Gasteiger charge is 2.47. The number of aryl methyl sites for hydroxylation is 3. The van der Waals surface area contributed by atoms with E-state index in [4.69, 9.17) is 0 Å². The maximum atomic E-state index is 13.9. The molecule has 2 heteroatoms. The van der Waals surface area contributed by atoms with Crippen LogP contribution in [0.25, 0.3) is 0 Å². The van der Waals surface area contributed by atoms with Gasteiger partial charge in [0.1, 0.15) is 10.6 Å². The summed E-state index contributed by atoms with van der Waals surface area (Å²) in [5.41, 5.74) is 4.49. The molecule has 0 aliphatic carbocycles. The molecule has 3 aromatic carbocycles. The third-order valence-electron chi connectivity index (χ3n) is 4.84. The molecule has 126 valence electrons. The van der Waals surface area contributed by atoms with Crippen LogP contribution in [0.5, 0.6) is 0 Å². The van der Waals surface area contributed by atoms with Crippen molar-refractivity contribution in [3.63, 3.8) is 0 Å². The summed E-state index contributed by atoms with van der Waals surface area (Å²) < 4.78 is 0. The number of hydrogen-bond donors (Lipinski definition) is 0. The number of hydrogen-bond acceptors (Lipinski definition) is 1. The van der Waals surface area contributed by atoms with Crippen LogP contribution in [0, 0.1) is 20.8 Å². The van der Waals surface area contributed by atoms with Gasteiger partial charge in [-0.15, -0.1) is 0 Å². The van der Waals surface area contributed by atoms with Gasteiger partial charge in [-0.05, 0) is 56.2 Å². The molecular weight excluding hydrogens is 323 g/mol. The van der Waals surface area contributed by atoms with E-state index in [2.05, 4.69) is 50.0 Å². The van der Waals surface area contributed by atoms with E-state index in [-0.39, 0.29) is 5.52 Å². The van der Waals surface area contributed by atoms with Crippen molar-refractivity contribution >= 4 is 23.4 Å². The summed E-state index contributed by atoms with van der Waals surface area (Å²) in [7, 11) is -2.19. The highest BCUT2D eigenvalue weighted by Crippen LogP contribution is 2.56. The minimum absolute atomic E-state index is 0.264. The molecule has 0 heterocycles. The smallest absolute Gasteiger partial charge is 0.246 e. The molecule has 3 aromatic rings. The lowest BCUT2D eigenvalue weighted by Crippen LogP contribution is -2.28. The molecule has 3 rings (SSSR count). The first-order valence-electron chi connectivity index (χ1n) is 8.55. The molecule has 25 heavy (non-hydrogen) atoms. The van der Waals surface area contributed by atoms with Gasteiger partial charge >= 0.3 is 5.52 Å². The molecule has 0 atom stereocenters. The van der Waals surface area contributed by atoms with E-state index in [0.29, 0.717) is 0 Å². The largest absolute Gasteiger partial charge is 0.308 e. The van der Waals surface area contributed by atoms with Crippen LogP contribution in [0.3, 0.4) is 0 Å². The summed E-state index contributed by atoms with van der Waals surface area (Å²) in [5, 5.41) is 2.26. The first-order valence-corrected chi connectivity index (χ1v) is 10.8. The Hall–Kier alpha value is -2.24. The third-order valence-corrected chi connectivity index (χ3v) is 8.54. The fraction of sp³-hybridized carbons (Fsp3) is 0.174. The summed E-state index contributed by atoms with van der Waals surface area (Å²) in [4.78, 5) is 13.9. The molecule has 1 nitrogen and oxygen atoms in total. The lowest BCUT2D eigenvalue weighted by atomic mass is 10.0.